The molecule has 1 aromatic rings. The lowest BCUT2D eigenvalue weighted by Crippen LogP contribution is -2.35. The van der Waals surface area contributed by atoms with Crippen molar-refractivity contribution < 1.29 is 9.84 Å². The minimum atomic E-state index is 0.274. The molecule has 1 aromatic carbocycles. The molecule has 1 aliphatic carbocycles. The predicted octanol–water partition coefficient (Wildman–Crippen LogP) is 2.68. The first-order valence-electron chi connectivity index (χ1n) is 7.22. The maximum Gasteiger partial charge on any atom is 0.118 e. The molecule has 0 aliphatic heterocycles. The summed E-state index contributed by atoms with van der Waals surface area (Å²) < 4.78 is 5.19. The molecule has 2 rings (SSSR count). The molecule has 0 bridgehead atoms. The first-order chi connectivity index (χ1) is 9.24. The molecule has 1 aliphatic rings. The maximum atomic E-state index is 9.04. The number of methoxy groups -OCH3 is 1. The van der Waals surface area contributed by atoms with Gasteiger partial charge in [-0.25, -0.2) is 0 Å². The van der Waals surface area contributed by atoms with Gasteiger partial charge in [-0.15, -0.1) is 0 Å². The van der Waals surface area contributed by atoms with E-state index in [1.807, 2.05) is 12.1 Å². The molecule has 0 radical (unpaired) electrons. The maximum absolute atomic E-state index is 9.04. The van der Waals surface area contributed by atoms with Gasteiger partial charge in [0.2, 0.25) is 0 Å². The van der Waals surface area contributed by atoms with Gasteiger partial charge in [0.05, 0.1) is 7.11 Å². The molecule has 1 saturated carbocycles. The van der Waals surface area contributed by atoms with Crippen LogP contribution in [-0.4, -0.2) is 36.3 Å². The quantitative estimate of drug-likeness (QED) is 0.782. The van der Waals surface area contributed by atoms with E-state index in [-0.39, 0.29) is 6.61 Å². The minimum Gasteiger partial charge on any atom is -0.497 e. The van der Waals surface area contributed by atoms with Crippen molar-refractivity contribution in [3.63, 3.8) is 0 Å². The molecule has 0 spiro atoms. The Kier molecular flexibility index (Phi) is 5.23. The fraction of sp³-hybridized carbons (Fsp3) is 0.625. The number of rotatable bonds is 8. The third-order valence-electron chi connectivity index (χ3n) is 4.03. The van der Waals surface area contributed by atoms with E-state index >= 15 is 0 Å². The van der Waals surface area contributed by atoms with Gasteiger partial charge in [-0.05, 0) is 49.8 Å². The third kappa shape index (κ3) is 4.22. The Balaban J connectivity index is 1.96. The lowest BCUT2D eigenvalue weighted by Gasteiger charge is -2.29. The summed E-state index contributed by atoms with van der Waals surface area (Å²) in [6.07, 6.45) is 3.58. The van der Waals surface area contributed by atoms with Crippen molar-refractivity contribution in [2.24, 2.45) is 5.92 Å². The van der Waals surface area contributed by atoms with Gasteiger partial charge >= 0.3 is 0 Å². The molecule has 1 atom stereocenters. The van der Waals surface area contributed by atoms with Crippen LogP contribution in [0, 0.1) is 5.92 Å². The van der Waals surface area contributed by atoms with E-state index in [9.17, 15) is 0 Å². The fourth-order valence-corrected chi connectivity index (χ4v) is 2.54. The Labute approximate surface area is 116 Å². The summed E-state index contributed by atoms with van der Waals surface area (Å²) in [6, 6.07) is 8.91. The molecule has 19 heavy (non-hydrogen) atoms. The monoisotopic (exact) mass is 263 g/mol. The first-order valence-corrected chi connectivity index (χ1v) is 7.22. The SMILES string of the molecule is COc1ccc(CN(CCCO)C(C)C2CC2)cc1. The van der Waals surface area contributed by atoms with E-state index in [1.165, 1.54) is 18.4 Å². The summed E-state index contributed by atoms with van der Waals surface area (Å²) in [6.45, 7) is 4.52. The second kappa shape index (κ2) is 6.92. The molecule has 0 heterocycles. The van der Waals surface area contributed by atoms with Gasteiger partial charge in [-0.3, -0.25) is 4.90 Å². The highest BCUT2D eigenvalue weighted by Crippen LogP contribution is 2.35. The second-order valence-corrected chi connectivity index (χ2v) is 5.47. The molecular formula is C16H25NO2. The highest BCUT2D eigenvalue weighted by molar-refractivity contribution is 5.27. The van der Waals surface area contributed by atoms with E-state index < -0.39 is 0 Å². The van der Waals surface area contributed by atoms with E-state index in [2.05, 4.69) is 24.0 Å². The summed E-state index contributed by atoms with van der Waals surface area (Å²) >= 11 is 0. The number of aliphatic hydroxyl groups excluding tert-OH is 1. The van der Waals surface area contributed by atoms with Crippen LogP contribution in [0.2, 0.25) is 0 Å². The van der Waals surface area contributed by atoms with Crippen molar-refractivity contribution in [3.8, 4) is 5.75 Å². The highest BCUT2D eigenvalue weighted by atomic mass is 16.5. The van der Waals surface area contributed by atoms with Crippen molar-refractivity contribution in [1.29, 1.82) is 0 Å². The molecule has 0 amide bonds. The van der Waals surface area contributed by atoms with Crippen molar-refractivity contribution in [2.45, 2.75) is 38.8 Å². The van der Waals surface area contributed by atoms with Crippen molar-refractivity contribution in [2.75, 3.05) is 20.3 Å². The van der Waals surface area contributed by atoms with E-state index in [0.717, 1.165) is 31.2 Å². The number of aliphatic hydroxyl groups is 1. The number of hydrogen-bond acceptors (Lipinski definition) is 3. The van der Waals surface area contributed by atoms with E-state index in [4.69, 9.17) is 9.84 Å². The van der Waals surface area contributed by atoms with Crippen LogP contribution in [0.15, 0.2) is 24.3 Å². The molecule has 3 nitrogen and oxygen atoms in total. The summed E-state index contributed by atoms with van der Waals surface area (Å²) in [5.74, 6) is 1.76. The standard InChI is InChI=1S/C16H25NO2/c1-13(15-6-7-15)17(10-3-11-18)12-14-4-8-16(19-2)9-5-14/h4-5,8-9,13,15,18H,3,6-7,10-12H2,1-2H3. The van der Waals surface area contributed by atoms with Gasteiger partial charge in [-0.2, -0.15) is 0 Å². The largest absolute Gasteiger partial charge is 0.497 e. The fourth-order valence-electron chi connectivity index (χ4n) is 2.54. The molecule has 3 heteroatoms. The molecule has 0 aromatic heterocycles. The zero-order valence-electron chi connectivity index (χ0n) is 12.0. The Hall–Kier alpha value is -1.06. The second-order valence-electron chi connectivity index (χ2n) is 5.47. The Morgan fingerprint density at radius 3 is 2.53 bits per heavy atom. The summed E-state index contributed by atoms with van der Waals surface area (Å²) in [5.41, 5.74) is 1.31. The number of nitrogens with zero attached hydrogens (tertiary/aromatic N) is 1. The summed E-state index contributed by atoms with van der Waals surface area (Å²) in [5, 5.41) is 9.04. The molecular weight excluding hydrogens is 238 g/mol. The van der Waals surface area contributed by atoms with Crippen LogP contribution in [0.1, 0.15) is 31.7 Å². The third-order valence-corrected chi connectivity index (χ3v) is 4.03. The van der Waals surface area contributed by atoms with E-state index in [0.29, 0.717) is 6.04 Å². The van der Waals surface area contributed by atoms with Crippen LogP contribution in [0.3, 0.4) is 0 Å². The van der Waals surface area contributed by atoms with Crippen molar-refractivity contribution in [1.82, 2.24) is 4.90 Å². The average Bonchev–Trinajstić information content (AvgIpc) is 3.28. The smallest absolute Gasteiger partial charge is 0.118 e. The van der Waals surface area contributed by atoms with Crippen molar-refractivity contribution in [3.05, 3.63) is 29.8 Å². The van der Waals surface area contributed by atoms with Gasteiger partial charge in [-0.1, -0.05) is 12.1 Å². The van der Waals surface area contributed by atoms with Gasteiger partial charge in [0.1, 0.15) is 5.75 Å². The predicted molar refractivity (Wildman–Crippen MR) is 77.3 cm³/mol. The molecule has 1 unspecified atom stereocenters. The zero-order chi connectivity index (χ0) is 13.7. The van der Waals surface area contributed by atoms with Crippen LogP contribution < -0.4 is 4.74 Å². The molecule has 1 fully saturated rings. The Morgan fingerprint density at radius 1 is 1.32 bits per heavy atom. The molecule has 106 valence electrons. The number of benzene rings is 1. The van der Waals surface area contributed by atoms with Gasteiger partial charge in [0, 0.05) is 25.7 Å². The normalized spacial score (nSPS) is 16.6. The molecule has 0 saturated heterocycles. The topological polar surface area (TPSA) is 32.7 Å². The summed E-state index contributed by atoms with van der Waals surface area (Å²) in [7, 11) is 1.69. The van der Waals surface area contributed by atoms with Crippen LogP contribution in [0.5, 0.6) is 5.75 Å². The number of ether oxygens (including phenoxy) is 1. The van der Waals surface area contributed by atoms with Crippen LogP contribution >= 0.6 is 0 Å². The Morgan fingerprint density at radius 2 is 2.00 bits per heavy atom. The van der Waals surface area contributed by atoms with E-state index in [1.54, 1.807) is 7.11 Å². The van der Waals surface area contributed by atoms with Crippen molar-refractivity contribution >= 4 is 0 Å². The average molecular weight is 263 g/mol. The summed E-state index contributed by atoms with van der Waals surface area (Å²) in [4.78, 5) is 2.50. The van der Waals surface area contributed by atoms with Crippen LogP contribution in [0.4, 0.5) is 0 Å². The van der Waals surface area contributed by atoms with Gasteiger partial charge in [0.15, 0.2) is 0 Å². The lowest BCUT2D eigenvalue weighted by molar-refractivity contribution is 0.161. The zero-order valence-corrected chi connectivity index (χ0v) is 12.0. The lowest BCUT2D eigenvalue weighted by atomic mass is 10.1. The van der Waals surface area contributed by atoms with Gasteiger partial charge < -0.3 is 9.84 Å². The van der Waals surface area contributed by atoms with Crippen LogP contribution in [-0.2, 0) is 6.54 Å². The minimum absolute atomic E-state index is 0.274. The van der Waals surface area contributed by atoms with Crippen LogP contribution in [0.25, 0.3) is 0 Å². The highest BCUT2D eigenvalue weighted by Gasteiger charge is 2.31. The first kappa shape index (κ1) is 14.4. The number of hydrogen-bond donors (Lipinski definition) is 1. The Bertz CT molecular complexity index is 373. The molecule has 1 N–H and O–H groups in total. The van der Waals surface area contributed by atoms with Gasteiger partial charge in [0.25, 0.3) is 0 Å².